The molecule has 0 spiro atoms. The molecule has 0 aliphatic carbocycles. The molecular formula is C26H22F3N5O4. The van der Waals surface area contributed by atoms with E-state index in [4.69, 9.17) is 9.26 Å². The number of aryl methyl sites for hydroxylation is 1. The van der Waals surface area contributed by atoms with Gasteiger partial charge in [-0.05, 0) is 55.7 Å². The number of methoxy groups -OCH3 is 1. The average Bonchev–Trinajstić information content (AvgIpc) is 3.58. The summed E-state index contributed by atoms with van der Waals surface area (Å²) in [6.45, 7) is 2.28. The second-order valence-corrected chi connectivity index (χ2v) is 8.60. The van der Waals surface area contributed by atoms with Crippen molar-refractivity contribution in [3.63, 3.8) is 0 Å². The quantitative estimate of drug-likeness (QED) is 0.330. The number of hydrogen-bond donors (Lipinski definition) is 0. The molecule has 12 heteroatoms. The van der Waals surface area contributed by atoms with Crippen molar-refractivity contribution in [1.82, 2.24) is 25.0 Å². The van der Waals surface area contributed by atoms with Gasteiger partial charge >= 0.3 is 6.36 Å². The van der Waals surface area contributed by atoms with E-state index in [9.17, 15) is 18.0 Å². The topological polar surface area (TPSA) is 103 Å². The molecule has 0 bridgehead atoms. The second-order valence-electron chi connectivity index (χ2n) is 8.60. The Labute approximate surface area is 215 Å². The number of hydrogen-bond acceptors (Lipinski definition) is 8. The number of carbonyl (C=O) groups excluding carboxylic acids is 1. The third kappa shape index (κ3) is 5.01. The Morgan fingerprint density at radius 1 is 1.05 bits per heavy atom. The molecule has 5 rings (SSSR count). The van der Waals surface area contributed by atoms with Gasteiger partial charge in [-0.2, -0.15) is 4.98 Å². The first-order valence-corrected chi connectivity index (χ1v) is 11.7. The standard InChI is InChI=1S/C26H22F3N5O4/c1-15-13-17(22-30-10-6-11-31-22)18(14-21(15)36-2)25(35)34-12-5-8-19(34)24-32-23(33-38-24)16-7-3-4-9-20(16)37-26(27,28)29/h3-4,6-7,9-11,13-14,19H,5,8,12H2,1-2H3. The van der Waals surface area contributed by atoms with Gasteiger partial charge in [-0.25, -0.2) is 9.97 Å². The Morgan fingerprint density at radius 2 is 1.82 bits per heavy atom. The van der Waals surface area contributed by atoms with E-state index in [1.165, 1.54) is 31.4 Å². The van der Waals surface area contributed by atoms with Crippen LogP contribution in [0.25, 0.3) is 22.8 Å². The molecule has 3 heterocycles. The summed E-state index contributed by atoms with van der Waals surface area (Å²) in [5.74, 6) is 0.197. The third-order valence-electron chi connectivity index (χ3n) is 6.17. The van der Waals surface area contributed by atoms with Crippen molar-refractivity contribution in [1.29, 1.82) is 0 Å². The first-order chi connectivity index (χ1) is 18.2. The summed E-state index contributed by atoms with van der Waals surface area (Å²) in [5.41, 5.74) is 1.71. The fraction of sp³-hybridized carbons (Fsp3) is 0.269. The molecule has 0 saturated carbocycles. The van der Waals surface area contributed by atoms with Gasteiger partial charge in [0, 0.05) is 24.5 Å². The normalized spacial score (nSPS) is 15.5. The van der Waals surface area contributed by atoms with Crippen molar-refractivity contribution in [2.75, 3.05) is 13.7 Å². The first-order valence-electron chi connectivity index (χ1n) is 11.7. The minimum Gasteiger partial charge on any atom is -0.496 e. The summed E-state index contributed by atoms with van der Waals surface area (Å²) in [7, 11) is 1.52. The third-order valence-corrected chi connectivity index (χ3v) is 6.17. The van der Waals surface area contributed by atoms with Crippen LogP contribution in [0.4, 0.5) is 13.2 Å². The molecule has 38 heavy (non-hydrogen) atoms. The lowest BCUT2D eigenvalue weighted by Crippen LogP contribution is -2.31. The van der Waals surface area contributed by atoms with Gasteiger partial charge in [0.1, 0.15) is 17.5 Å². The minimum absolute atomic E-state index is 0.0162. The molecule has 0 N–H and O–H groups in total. The van der Waals surface area contributed by atoms with Crippen molar-refractivity contribution < 1.29 is 32.0 Å². The molecule has 1 fully saturated rings. The van der Waals surface area contributed by atoms with E-state index in [2.05, 4.69) is 24.8 Å². The minimum atomic E-state index is -4.88. The van der Waals surface area contributed by atoms with Crippen molar-refractivity contribution in [3.05, 3.63) is 71.9 Å². The number of halogens is 3. The molecule has 0 radical (unpaired) electrons. The van der Waals surface area contributed by atoms with Crippen molar-refractivity contribution in [2.24, 2.45) is 0 Å². The number of benzene rings is 2. The fourth-order valence-corrected chi connectivity index (χ4v) is 4.47. The largest absolute Gasteiger partial charge is 0.573 e. The number of carbonyl (C=O) groups is 1. The molecule has 1 atom stereocenters. The van der Waals surface area contributed by atoms with Crippen LogP contribution < -0.4 is 9.47 Å². The summed E-state index contributed by atoms with van der Waals surface area (Å²) in [5, 5.41) is 3.88. The zero-order chi connectivity index (χ0) is 26.9. The van der Waals surface area contributed by atoms with Gasteiger partial charge < -0.3 is 18.9 Å². The first kappa shape index (κ1) is 25.2. The fourth-order valence-electron chi connectivity index (χ4n) is 4.47. The van der Waals surface area contributed by atoms with Crippen LogP contribution in [0.15, 0.2) is 59.4 Å². The van der Waals surface area contributed by atoms with E-state index >= 15 is 0 Å². The van der Waals surface area contributed by atoms with Crippen molar-refractivity contribution in [2.45, 2.75) is 32.2 Å². The van der Waals surface area contributed by atoms with Gasteiger partial charge in [0.25, 0.3) is 5.91 Å². The predicted molar refractivity (Wildman–Crippen MR) is 128 cm³/mol. The summed E-state index contributed by atoms with van der Waals surface area (Å²) in [4.78, 5) is 28.4. The highest BCUT2D eigenvalue weighted by Crippen LogP contribution is 2.38. The summed E-state index contributed by atoms with van der Waals surface area (Å²) < 4.78 is 53.6. The number of likely N-dealkylation sites (tertiary alicyclic amines) is 1. The van der Waals surface area contributed by atoms with Crippen molar-refractivity contribution in [3.8, 4) is 34.3 Å². The highest BCUT2D eigenvalue weighted by molar-refractivity contribution is 6.01. The SMILES string of the molecule is COc1cc(C(=O)N2CCCC2c2nc(-c3ccccc3OC(F)(F)F)no2)c(-c2ncccn2)cc1C. The molecular weight excluding hydrogens is 503 g/mol. The van der Waals surface area contributed by atoms with E-state index in [0.29, 0.717) is 42.1 Å². The van der Waals surface area contributed by atoms with Gasteiger partial charge in [-0.1, -0.05) is 17.3 Å². The van der Waals surface area contributed by atoms with Gasteiger partial charge in [0.05, 0.1) is 18.2 Å². The number of aromatic nitrogens is 4. The molecule has 2 aromatic carbocycles. The zero-order valence-corrected chi connectivity index (χ0v) is 20.4. The van der Waals surface area contributed by atoms with Gasteiger partial charge in [-0.15, -0.1) is 13.2 Å². The predicted octanol–water partition coefficient (Wildman–Crippen LogP) is 5.39. The number of rotatable bonds is 6. The number of amides is 1. The second kappa shape index (κ2) is 10.1. The molecule has 1 unspecified atom stereocenters. The zero-order valence-electron chi connectivity index (χ0n) is 20.4. The van der Waals surface area contributed by atoms with Crippen LogP contribution in [0, 0.1) is 6.92 Å². The van der Waals surface area contributed by atoms with Crippen molar-refractivity contribution >= 4 is 5.91 Å². The average molecular weight is 525 g/mol. The number of alkyl halides is 3. The lowest BCUT2D eigenvalue weighted by molar-refractivity contribution is -0.274. The van der Waals surface area contributed by atoms with Crippen LogP contribution in [0.5, 0.6) is 11.5 Å². The van der Waals surface area contributed by atoms with Crippen LogP contribution in [-0.2, 0) is 0 Å². The molecule has 9 nitrogen and oxygen atoms in total. The molecule has 1 amide bonds. The molecule has 196 valence electrons. The Morgan fingerprint density at radius 3 is 2.55 bits per heavy atom. The Balaban J connectivity index is 1.48. The lowest BCUT2D eigenvalue weighted by atomic mass is 10.0. The molecule has 1 saturated heterocycles. The summed E-state index contributed by atoms with van der Waals surface area (Å²) in [6, 6.07) is 10.1. The Bertz CT molecular complexity index is 1460. The van der Waals surface area contributed by atoms with E-state index < -0.39 is 18.2 Å². The monoisotopic (exact) mass is 525 g/mol. The number of ether oxygens (including phenoxy) is 2. The van der Waals surface area contributed by atoms with Crippen LogP contribution >= 0.6 is 0 Å². The summed E-state index contributed by atoms with van der Waals surface area (Å²) in [6.07, 6.45) is -0.493. The maximum atomic E-state index is 13.9. The van der Waals surface area contributed by atoms with E-state index in [1.807, 2.05) is 6.92 Å². The van der Waals surface area contributed by atoms with Gasteiger partial charge in [-0.3, -0.25) is 4.79 Å². The van der Waals surface area contributed by atoms with Gasteiger partial charge in [0.2, 0.25) is 11.7 Å². The highest BCUT2D eigenvalue weighted by atomic mass is 19.4. The van der Waals surface area contributed by atoms with Crippen LogP contribution in [0.2, 0.25) is 0 Å². The molecule has 1 aliphatic heterocycles. The van der Waals surface area contributed by atoms with E-state index in [0.717, 1.165) is 5.56 Å². The summed E-state index contributed by atoms with van der Waals surface area (Å²) >= 11 is 0. The van der Waals surface area contributed by atoms with E-state index in [-0.39, 0.29) is 23.2 Å². The smallest absolute Gasteiger partial charge is 0.496 e. The number of nitrogens with zero attached hydrogens (tertiary/aromatic N) is 5. The molecule has 2 aromatic heterocycles. The number of para-hydroxylation sites is 1. The Kier molecular flexibility index (Phi) is 6.70. The van der Waals surface area contributed by atoms with Crippen LogP contribution in [0.1, 0.15) is 40.7 Å². The molecule has 1 aliphatic rings. The Hall–Kier alpha value is -4.48. The lowest BCUT2D eigenvalue weighted by Gasteiger charge is -2.23. The van der Waals surface area contributed by atoms with Crippen LogP contribution in [-0.4, -0.2) is 50.9 Å². The van der Waals surface area contributed by atoms with Gasteiger partial charge in [0.15, 0.2) is 5.82 Å². The highest BCUT2D eigenvalue weighted by Gasteiger charge is 2.37. The van der Waals surface area contributed by atoms with E-state index in [1.54, 1.807) is 35.5 Å². The van der Waals surface area contributed by atoms with Crippen LogP contribution in [0.3, 0.4) is 0 Å². The maximum absolute atomic E-state index is 13.9. The molecule has 4 aromatic rings. The maximum Gasteiger partial charge on any atom is 0.573 e.